The highest BCUT2D eigenvalue weighted by atomic mass is 16.5. The molecule has 2 rings (SSSR count). The molecule has 2 aromatic carbocycles. The van der Waals surface area contributed by atoms with Gasteiger partial charge in [0.25, 0.3) is 0 Å². The van der Waals surface area contributed by atoms with E-state index >= 15 is 0 Å². The number of anilines is 2. The van der Waals surface area contributed by atoms with E-state index in [9.17, 15) is 4.79 Å². The zero-order valence-corrected chi connectivity index (χ0v) is 15.0. The molecule has 0 fully saturated rings. The van der Waals surface area contributed by atoms with Crippen LogP contribution in [0.25, 0.3) is 0 Å². The van der Waals surface area contributed by atoms with E-state index in [-0.39, 0.29) is 11.9 Å². The molecule has 2 aromatic rings. The molecule has 1 unspecified atom stereocenters. The number of benzene rings is 2. The van der Waals surface area contributed by atoms with Crippen LogP contribution in [-0.2, 0) is 16.0 Å². The zero-order valence-electron chi connectivity index (χ0n) is 15.0. The Kier molecular flexibility index (Phi) is 7.29. The van der Waals surface area contributed by atoms with Gasteiger partial charge >= 0.3 is 0 Å². The fraction of sp³-hybridized carbons (Fsp3) is 0.350. The highest BCUT2D eigenvalue weighted by molar-refractivity contribution is 5.94. The van der Waals surface area contributed by atoms with E-state index in [1.807, 2.05) is 55.5 Å². The number of nitrogens with one attached hydrogen (secondary N) is 2. The first-order valence-corrected chi connectivity index (χ1v) is 8.39. The smallest absolute Gasteiger partial charge is 0.224 e. The fourth-order valence-corrected chi connectivity index (χ4v) is 2.57. The second-order valence-electron chi connectivity index (χ2n) is 5.95. The molecule has 5 heteroatoms. The SMILES string of the molecule is COCC(C)Nc1ccccc1NC(=O)CCc1cccc(OC)c1. The molecule has 0 bridgehead atoms. The van der Waals surface area contributed by atoms with E-state index in [4.69, 9.17) is 9.47 Å². The number of ether oxygens (including phenoxy) is 2. The van der Waals surface area contributed by atoms with Gasteiger partial charge in [0, 0.05) is 19.6 Å². The van der Waals surface area contributed by atoms with Crippen molar-refractivity contribution in [3.63, 3.8) is 0 Å². The molecular weight excluding hydrogens is 316 g/mol. The number of para-hydroxylation sites is 2. The monoisotopic (exact) mass is 342 g/mol. The van der Waals surface area contributed by atoms with Gasteiger partial charge in [0.1, 0.15) is 5.75 Å². The molecule has 25 heavy (non-hydrogen) atoms. The molecule has 0 aliphatic rings. The Labute approximate surface area is 149 Å². The van der Waals surface area contributed by atoms with Crippen molar-refractivity contribution < 1.29 is 14.3 Å². The standard InChI is InChI=1S/C20H26N2O3/c1-15(14-24-2)21-18-9-4-5-10-19(18)22-20(23)12-11-16-7-6-8-17(13-16)25-3/h4-10,13,15,21H,11-12,14H2,1-3H3,(H,22,23). The van der Waals surface area contributed by atoms with Crippen molar-refractivity contribution in [3.8, 4) is 5.75 Å². The Bertz CT molecular complexity index is 688. The van der Waals surface area contributed by atoms with Gasteiger partial charge in [0.2, 0.25) is 5.91 Å². The van der Waals surface area contributed by atoms with Crippen LogP contribution < -0.4 is 15.4 Å². The number of amides is 1. The molecular formula is C20H26N2O3. The van der Waals surface area contributed by atoms with E-state index in [1.54, 1.807) is 14.2 Å². The van der Waals surface area contributed by atoms with Gasteiger partial charge in [-0.05, 0) is 43.2 Å². The number of carbonyl (C=O) groups is 1. The molecule has 2 N–H and O–H groups in total. The highest BCUT2D eigenvalue weighted by Crippen LogP contribution is 2.22. The van der Waals surface area contributed by atoms with E-state index in [0.717, 1.165) is 22.7 Å². The Morgan fingerprint density at radius 3 is 2.56 bits per heavy atom. The predicted octanol–water partition coefficient (Wildman–Crippen LogP) is 3.71. The fourth-order valence-electron chi connectivity index (χ4n) is 2.57. The molecule has 0 heterocycles. The van der Waals surface area contributed by atoms with Crippen molar-refractivity contribution in [2.75, 3.05) is 31.5 Å². The molecule has 5 nitrogen and oxygen atoms in total. The minimum atomic E-state index is -0.0172. The lowest BCUT2D eigenvalue weighted by Crippen LogP contribution is -2.22. The van der Waals surface area contributed by atoms with Crippen LogP contribution in [0, 0.1) is 0 Å². The lowest BCUT2D eigenvalue weighted by atomic mass is 10.1. The molecule has 1 amide bonds. The molecule has 0 radical (unpaired) electrons. The summed E-state index contributed by atoms with van der Waals surface area (Å²) < 4.78 is 10.4. The van der Waals surface area contributed by atoms with E-state index in [2.05, 4.69) is 10.6 Å². The van der Waals surface area contributed by atoms with Crippen molar-refractivity contribution >= 4 is 17.3 Å². The van der Waals surface area contributed by atoms with Crippen molar-refractivity contribution in [3.05, 3.63) is 54.1 Å². The Balaban J connectivity index is 1.93. The van der Waals surface area contributed by atoms with Crippen LogP contribution in [0.4, 0.5) is 11.4 Å². The zero-order chi connectivity index (χ0) is 18.1. The van der Waals surface area contributed by atoms with E-state index < -0.39 is 0 Å². The summed E-state index contributed by atoms with van der Waals surface area (Å²) in [6, 6.07) is 15.6. The van der Waals surface area contributed by atoms with Gasteiger partial charge in [0.15, 0.2) is 0 Å². The summed E-state index contributed by atoms with van der Waals surface area (Å²) in [5.41, 5.74) is 2.75. The lowest BCUT2D eigenvalue weighted by molar-refractivity contribution is -0.116. The Hall–Kier alpha value is -2.53. The number of carbonyl (C=O) groups excluding carboxylic acids is 1. The number of hydrogen-bond donors (Lipinski definition) is 2. The third-order valence-electron chi connectivity index (χ3n) is 3.79. The maximum atomic E-state index is 12.3. The van der Waals surface area contributed by atoms with Crippen LogP contribution in [0.15, 0.2) is 48.5 Å². The second-order valence-corrected chi connectivity index (χ2v) is 5.95. The maximum Gasteiger partial charge on any atom is 0.224 e. The third kappa shape index (κ3) is 6.12. The summed E-state index contributed by atoms with van der Waals surface area (Å²) in [5.74, 6) is 0.788. The first-order chi connectivity index (χ1) is 12.1. The molecule has 134 valence electrons. The van der Waals surface area contributed by atoms with Crippen LogP contribution >= 0.6 is 0 Å². The number of hydrogen-bond acceptors (Lipinski definition) is 4. The first-order valence-electron chi connectivity index (χ1n) is 8.39. The van der Waals surface area contributed by atoms with Gasteiger partial charge < -0.3 is 20.1 Å². The van der Waals surface area contributed by atoms with E-state index in [1.165, 1.54) is 0 Å². The van der Waals surface area contributed by atoms with Crippen LogP contribution in [0.1, 0.15) is 18.9 Å². The third-order valence-corrected chi connectivity index (χ3v) is 3.79. The summed E-state index contributed by atoms with van der Waals surface area (Å²) in [5, 5.41) is 6.33. The van der Waals surface area contributed by atoms with Crippen LogP contribution in [0.3, 0.4) is 0 Å². The average molecular weight is 342 g/mol. The summed E-state index contributed by atoms with van der Waals surface area (Å²) in [4.78, 5) is 12.3. The van der Waals surface area contributed by atoms with Crippen LogP contribution in [-0.4, -0.2) is 32.8 Å². The van der Waals surface area contributed by atoms with Crippen molar-refractivity contribution in [2.45, 2.75) is 25.8 Å². The molecule has 0 spiro atoms. The van der Waals surface area contributed by atoms with Crippen molar-refractivity contribution in [1.29, 1.82) is 0 Å². The highest BCUT2D eigenvalue weighted by Gasteiger charge is 2.09. The number of rotatable bonds is 9. The van der Waals surface area contributed by atoms with Crippen molar-refractivity contribution in [1.82, 2.24) is 0 Å². The normalized spacial score (nSPS) is 11.6. The second kappa shape index (κ2) is 9.69. The Morgan fingerprint density at radius 2 is 1.84 bits per heavy atom. The summed E-state index contributed by atoms with van der Waals surface area (Å²) in [6.45, 7) is 2.63. The van der Waals surface area contributed by atoms with Crippen LogP contribution in [0.5, 0.6) is 5.75 Å². The lowest BCUT2D eigenvalue weighted by Gasteiger charge is -2.17. The summed E-state index contributed by atoms with van der Waals surface area (Å²) in [6.07, 6.45) is 1.08. The average Bonchev–Trinajstić information content (AvgIpc) is 2.62. The van der Waals surface area contributed by atoms with E-state index in [0.29, 0.717) is 19.4 Å². The quantitative estimate of drug-likeness (QED) is 0.729. The first kappa shape index (κ1) is 18.8. The minimum absolute atomic E-state index is 0.0172. The van der Waals surface area contributed by atoms with Gasteiger partial charge in [-0.2, -0.15) is 0 Å². The number of aryl methyl sites for hydroxylation is 1. The molecule has 1 atom stereocenters. The van der Waals surface area contributed by atoms with Crippen LogP contribution in [0.2, 0.25) is 0 Å². The van der Waals surface area contributed by atoms with Gasteiger partial charge in [0.05, 0.1) is 25.1 Å². The Morgan fingerprint density at radius 1 is 1.08 bits per heavy atom. The minimum Gasteiger partial charge on any atom is -0.497 e. The molecule has 0 aliphatic heterocycles. The largest absolute Gasteiger partial charge is 0.497 e. The molecule has 0 saturated carbocycles. The van der Waals surface area contributed by atoms with Gasteiger partial charge in [-0.25, -0.2) is 0 Å². The van der Waals surface area contributed by atoms with Gasteiger partial charge in [-0.1, -0.05) is 24.3 Å². The summed E-state index contributed by atoms with van der Waals surface area (Å²) in [7, 11) is 3.31. The molecule has 0 aromatic heterocycles. The molecule has 0 aliphatic carbocycles. The predicted molar refractivity (Wildman–Crippen MR) is 101 cm³/mol. The van der Waals surface area contributed by atoms with Gasteiger partial charge in [-0.15, -0.1) is 0 Å². The molecule has 0 saturated heterocycles. The summed E-state index contributed by atoms with van der Waals surface area (Å²) >= 11 is 0. The topological polar surface area (TPSA) is 59.6 Å². The van der Waals surface area contributed by atoms with Gasteiger partial charge in [-0.3, -0.25) is 4.79 Å². The maximum absolute atomic E-state index is 12.3. The van der Waals surface area contributed by atoms with Crippen molar-refractivity contribution in [2.24, 2.45) is 0 Å². The number of methoxy groups -OCH3 is 2.